The highest BCUT2D eigenvalue weighted by Gasteiger charge is 2.73. The van der Waals surface area contributed by atoms with E-state index in [1.165, 1.54) is 27.7 Å². The molecule has 2 rings (SSSR count). The predicted molar refractivity (Wildman–Crippen MR) is 59.4 cm³/mol. The minimum absolute atomic E-state index is 0.0747. The van der Waals surface area contributed by atoms with Crippen molar-refractivity contribution in [1.82, 2.24) is 0 Å². The van der Waals surface area contributed by atoms with Crippen LogP contribution in [0.2, 0.25) is 0 Å². The molecule has 6 nitrogen and oxygen atoms in total. The third-order valence-corrected chi connectivity index (χ3v) is 3.84. The van der Waals surface area contributed by atoms with Gasteiger partial charge in [0.15, 0.2) is 11.6 Å². The molecule has 0 aromatic rings. The van der Waals surface area contributed by atoms with Crippen LogP contribution in [-0.2, 0) is 23.8 Å². The van der Waals surface area contributed by atoms with Crippen molar-refractivity contribution in [3.05, 3.63) is 0 Å². The summed E-state index contributed by atoms with van der Waals surface area (Å²) >= 11 is 0. The Balaban J connectivity index is 2.37. The summed E-state index contributed by atoms with van der Waals surface area (Å²) in [6.07, 6.45) is -0.0747. The van der Waals surface area contributed by atoms with Gasteiger partial charge in [0.25, 0.3) is 0 Å². The summed E-state index contributed by atoms with van der Waals surface area (Å²) in [5, 5.41) is 10.5. The highest BCUT2D eigenvalue weighted by Crippen LogP contribution is 2.55. The zero-order valence-corrected chi connectivity index (χ0v) is 11.2. The van der Waals surface area contributed by atoms with E-state index < -0.39 is 23.0 Å². The number of carbonyl (C=O) groups is 2. The van der Waals surface area contributed by atoms with Crippen molar-refractivity contribution >= 4 is 11.6 Å². The van der Waals surface area contributed by atoms with Gasteiger partial charge in [-0.25, -0.2) is 0 Å². The van der Waals surface area contributed by atoms with Gasteiger partial charge in [0, 0.05) is 13.3 Å². The first-order valence-electron chi connectivity index (χ1n) is 5.81. The zero-order valence-electron chi connectivity index (χ0n) is 11.2. The molecular formula is C12H18O6. The normalized spacial score (nSPS) is 51.2. The van der Waals surface area contributed by atoms with Crippen molar-refractivity contribution in [2.45, 2.75) is 64.0 Å². The molecule has 2 heterocycles. The number of carbonyl (C=O) groups excluding carboxylic acids is 2. The van der Waals surface area contributed by atoms with E-state index in [4.69, 9.17) is 14.2 Å². The Kier molecular flexibility index (Phi) is 2.56. The third kappa shape index (κ3) is 1.56. The molecule has 18 heavy (non-hydrogen) atoms. The number of ketones is 2. The van der Waals surface area contributed by atoms with E-state index in [9.17, 15) is 14.7 Å². The molecule has 0 saturated carbocycles. The molecule has 0 aromatic heterocycles. The fourth-order valence-electron chi connectivity index (χ4n) is 2.45. The van der Waals surface area contributed by atoms with Crippen LogP contribution in [0.3, 0.4) is 0 Å². The molecule has 2 saturated heterocycles. The second-order valence-electron chi connectivity index (χ2n) is 5.50. The van der Waals surface area contributed by atoms with Gasteiger partial charge in [0.05, 0.1) is 0 Å². The number of hydrogen-bond donors (Lipinski definition) is 1. The number of hydrogen-bond acceptors (Lipinski definition) is 6. The van der Waals surface area contributed by atoms with E-state index in [1.807, 2.05) is 0 Å². The molecule has 2 aliphatic heterocycles. The van der Waals surface area contributed by atoms with Crippen LogP contribution in [0.5, 0.6) is 0 Å². The van der Waals surface area contributed by atoms with E-state index >= 15 is 0 Å². The van der Waals surface area contributed by atoms with E-state index in [0.29, 0.717) is 0 Å². The van der Waals surface area contributed by atoms with E-state index in [-0.39, 0.29) is 18.0 Å². The molecule has 0 radical (unpaired) electrons. The summed E-state index contributed by atoms with van der Waals surface area (Å²) in [6.45, 7) is 7.13. The summed E-state index contributed by atoms with van der Waals surface area (Å²) in [4.78, 5) is 23.1. The second-order valence-corrected chi connectivity index (χ2v) is 5.50. The number of Topliss-reactive ketones (excluding diaryl/α,β-unsaturated/α-hetero) is 2. The Morgan fingerprint density at radius 1 is 1.00 bits per heavy atom. The minimum atomic E-state index is -1.81. The van der Waals surface area contributed by atoms with Gasteiger partial charge in [-0.05, 0) is 27.7 Å². The summed E-state index contributed by atoms with van der Waals surface area (Å²) in [5.41, 5.74) is -1.18. The maximum absolute atomic E-state index is 11.6. The first-order chi connectivity index (χ1) is 7.97. The van der Waals surface area contributed by atoms with Crippen LogP contribution in [0.25, 0.3) is 0 Å². The molecular weight excluding hydrogens is 240 g/mol. The fourth-order valence-corrected chi connectivity index (χ4v) is 2.45. The summed E-state index contributed by atoms with van der Waals surface area (Å²) < 4.78 is 16.4. The monoisotopic (exact) mass is 258 g/mol. The molecule has 0 amide bonds. The summed E-state index contributed by atoms with van der Waals surface area (Å²) in [5.74, 6) is -5.51. The van der Waals surface area contributed by atoms with Gasteiger partial charge >= 0.3 is 0 Å². The van der Waals surface area contributed by atoms with Gasteiger partial charge in [-0.1, -0.05) is 0 Å². The molecule has 0 aromatic carbocycles. The minimum Gasteiger partial charge on any atom is -0.361 e. The number of ether oxygens (including phenoxy) is 3. The topological polar surface area (TPSA) is 82.1 Å². The van der Waals surface area contributed by atoms with E-state index in [2.05, 4.69) is 0 Å². The Morgan fingerprint density at radius 3 is 1.94 bits per heavy atom. The van der Waals surface area contributed by atoms with E-state index in [0.717, 1.165) is 0 Å². The van der Waals surface area contributed by atoms with Gasteiger partial charge in [-0.15, -0.1) is 0 Å². The van der Waals surface area contributed by atoms with Crippen molar-refractivity contribution in [2.24, 2.45) is 0 Å². The second kappa shape index (κ2) is 3.39. The molecule has 2 aliphatic rings. The molecule has 4 atom stereocenters. The highest BCUT2D eigenvalue weighted by atomic mass is 16.9. The SMILES string of the molecule is CC(=O)[C@]1(C)O[C@@]2(C)O[C@](C)(C(C)=O)C[C@@]2(O)O1. The molecule has 0 aliphatic carbocycles. The maximum atomic E-state index is 11.6. The zero-order chi connectivity index (χ0) is 14.0. The number of rotatable bonds is 2. The Hall–Kier alpha value is -0.820. The van der Waals surface area contributed by atoms with Crippen molar-refractivity contribution in [3.63, 3.8) is 0 Å². The number of aliphatic hydroxyl groups is 1. The van der Waals surface area contributed by atoms with Crippen LogP contribution in [0, 0.1) is 0 Å². The van der Waals surface area contributed by atoms with Gasteiger partial charge < -0.3 is 19.3 Å². The lowest BCUT2D eigenvalue weighted by Gasteiger charge is -2.29. The number of fused-ring (bicyclic) bond motifs is 1. The summed E-state index contributed by atoms with van der Waals surface area (Å²) in [6, 6.07) is 0. The summed E-state index contributed by atoms with van der Waals surface area (Å²) in [7, 11) is 0. The highest BCUT2D eigenvalue weighted by molar-refractivity contribution is 5.86. The maximum Gasteiger partial charge on any atom is 0.231 e. The van der Waals surface area contributed by atoms with Crippen molar-refractivity contribution < 1.29 is 28.9 Å². The fraction of sp³-hybridized carbons (Fsp3) is 0.833. The van der Waals surface area contributed by atoms with Crippen LogP contribution < -0.4 is 0 Å². The smallest absolute Gasteiger partial charge is 0.231 e. The van der Waals surface area contributed by atoms with Gasteiger partial charge in [0.2, 0.25) is 17.4 Å². The molecule has 2 fully saturated rings. The lowest BCUT2D eigenvalue weighted by molar-refractivity contribution is -0.271. The Morgan fingerprint density at radius 2 is 1.56 bits per heavy atom. The lowest BCUT2D eigenvalue weighted by atomic mass is 9.94. The molecule has 102 valence electrons. The quantitative estimate of drug-likeness (QED) is 0.777. The Labute approximate surface area is 105 Å². The average Bonchev–Trinajstić information content (AvgIpc) is 2.43. The van der Waals surface area contributed by atoms with Crippen molar-refractivity contribution in [1.29, 1.82) is 0 Å². The van der Waals surface area contributed by atoms with Crippen molar-refractivity contribution in [2.75, 3.05) is 0 Å². The molecule has 0 spiro atoms. The first kappa shape index (κ1) is 13.6. The standard InChI is InChI=1S/C12H18O6/c1-7(13)9(3)6-12(15)11(5,16-9)17-10(4,18-12)8(2)14/h15H,6H2,1-5H3/t9-,10+,11+,12+/m0/s1. The molecule has 1 N–H and O–H groups in total. The van der Waals surface area contributed by atoms with Crippen molar-refractivity contribution in [3.8, 4) is 0 Å². The molecule has 0 bridgehead atoms. The van der Waals surface area contributed by atoms with Gasteiger partial charge in [-0.2, -0.15) is 0 Å². The van der Waals surface area contributed by atoms with Crippen LogP contribution in [-0.4, -0.2) is 39.6 Å². The van der Waals surface area contributed by atoms with Crippen LogP contribution >= 0.6 is 0 Å². The molecule has 0 unspecified atom stereocenters. The largest absolute Gasteiger partial charge is 0.361 e. The van der Waals surface area contributed by atoms with Crippen LogP contribution in [0.1, 0.15) is 41.0 Å². The lowest BCUT2D eigenvalue weighted by Crippen LogP contribution is -2.45. The van der Waals surface area contributed by atoms with Gasteiger partial charge in [-0.3, -0.25) is 9.59 Å². The van der Waals surface area contributed by atoms with Crippen LogP contribution in [0.4, 0.5) is 0 Å². The van der Waals surface area contributed by atoms with Crippen LogP contribution in [0.15, 0.2) is 0 Å². The molecule has 6 heteroatoms. The Bertz CT molecular complexity index is 374. The predicted octanol–water partition coefficient (Wildman–Crippen LogP) is 0.511. The first-order valence-corrected chi connectivity index (χ1v) is 5.81. The third-order valence-electron chi connectivity index (χ3n) is 3.84. The van der Waals surface area contributed by atoms with Gasteiger partial charge in [0.1, 0.15) is 5.60 Å². The average molecular weight is 258 g/mol. The van der Waals surface area contributed by atoms with E-state index in [1.54, 1.807) is 6.92 Å².